The van der Waals surface area contributed by atoms with E-state index in [-0.39, 0.29) is 0 Å². The summed E-state index contributed by atoms with van der Waals surface area (Å²) in [4.78, 5) is 8.52. The van der Waals surface area contributed by atoms with Crippen molar-refractivity contribution >= 4 is 11.9 Å². The summed E-state index contributed by atoms with van der Waals surface area (Å²) in [7, 11) is 0. The number of aryl methyl sites for hydroxylation is 2. The van der Waals surface area contributed by atoms with E-state index in [1.54, 1.807) is 0 Å². The number of aromatic nitrogens is 1. The molecule has 0 amide bonds. The van der Waals surface area contributed by atoms with E-state index in [0.29, 0.717) is 0 Å². The Hall–Kier alpha value is -1.18. The first-order valence-electron chi connectivity index (χ1n) is 4.19. The summed E-state index contributed by atoms with van der Waals surface area (Å²) in [5.41, 5.74) is 3.13. The van der Waals surface area contributed by atoms with Crippen LogP contribution in [0.1, 0.15) is 24.6 Å². The van der Waals surface area contributed by atoms with Crippen LogP contribution in [0.4, 0.5) is 5.69 Å². The lowest BCUT2D eigenvalue weighted by molar-refractivity contribution is 1.16. The van der Waals surface area contributed by atoms with Crippen molar-refractivity contribution in [2.75, 3.05) is 0 Å². The smallest absolute Gasteiger partial charge is 0.0840 e. The Labute approximate surface area is 73.4 Å². The molecule has 1 aromatic heterocycles. The Kier molecular flexibility index (Phi) is 2.97. The molecule has 1 heterocycles. The molecule has 64 valence electrons. The summed E-state index contributed by atoms with van der Waals surface area (Å²) in [6.45, 7) is 6.07. The lowest BCUT2D eigenvalue weighted by Gasteiger charge is -1.99. The van der Waals surface area contributed by atoms with Crippen LogP contribution in [0, 0.1) is 13.8 Å². The van der Waals surface area contributed by atoms with Gasteiger partial charge in [-0.2, -0.15) is 0 Å². The van der Waals surface area contributed by atoms with Gasteiger partial charge in [-0.05, 0) is 31.9 Å². The predicted molar refractivity (Wildman–Crippen MR) is 52.2 cm³/mol. The average Bonchev–Trinajstić information content (AvgIpc) is 2.07. The van der Waals surface area contributed by atoms with Gasteiger partial charge in [-0.15, -0.1) is 0 Å². The highest BCUT2D eigenvalue weighted by Crippen LogP contribution is 2.16. The summed E-state index contributed by atoms with van der Waals surface area (Å²) in [5, 5.41) is 0. The normalized spacial score (nSPS) is 10.9. The number of hydrogen-bond donors (Lipinski definition) is 0. The molecule has 0 aliphatic carbocycles. The van der Waals surface area contributed by atoms with Crippen LogP contribution in [-0.4, -0.2) is 11.2 Å². The second-order valence-corrected chi connectivity index (χ2v) is 2.84. The highest BCUT2D eigenvalue weighted by molar-refractivity contribution is 5.63. The van der Waals surface area contributed by atoms with Crippen molar-refractivity contribution < 1.29 is 0 Å². The second kappa shape index (κ2) is 4.00. The molecule has 0 aromatic carbocycles. The predicted octanol–water partition coefficient (Wildman–Crippen LogP) is 2.81. The summed E-state index contributed by atoms with van der Waals surface area (Å²) < 4.78 is 0. The van der Waals surface area contributed by atoms with Crippen molar-refractivity contribution in [1.82, 2.24) is 4.98 Å². The maximum atomic E-state index is 4.30. The molecule has 1 aromatic rings. The Morgan fingerprint density at radius 2 is 2.25 bits per heavy atom. The highest BCUT2D eigenvalue weighted by atomic mass is 14.8. The van der Waals surface area contributed by atoms with Gasteiger partial charge in [-0.3, -0.25) is 9.98 Å². The van der Waals surface area contributed by atoms with Crippen molar-refractivity contribution in [2.45, 2.75) is 27.2 Å². The summed E-state index contributed by atoms with van der Waals surface area (Å²) in [6, 6.07) is 2.05. The minimum atomic E-state index is 0.966. The summed E-state index contributed by atoms with van der Waals surface area (Å²) in [6.07, 6.45) is 4.73. The van der Waals surface area contributed by atoms with Crippen LogP contribution in [0.3, 0.4) is 0 Å². The molecule has 0 N–H and O–H groups in total. The first-order valence-corrected chi connectivity index (χ1v) is 4.19. The molecule has 0 saturated carbocycles. The van der Waals surface area contributed by atoms with Crippen molar-refractivity contribution in [1.29, 1.82) is 0 Å². The molecule has 0 radical (unpaired) electrons. The van der Waals surface area contributed by atoms with E-state index < -0.39 is 0 Å². The van der Waals surface area contributed by atoms with E-state index >= 15 is 0 Å². The van der Waals surface area contributed by atoms with Crippen molar-refractivity contribution in [2.24, 2.45) is 4.99 Å². The topological polar surface area (TPSA) is 25.2 Å². The van der Waals surface area contributed by atoms with Gasteiger partial charge in [0.05, 0.1) is 11.4 Å². The molecular formula is C10H14N2. The fourth-order valence-corrected chi connectivity index (χ4v) is 0.942. The summed E-state index contributed by atoms with van der Waals surface area (Å²) >= 11 is 0. The third-order valence-electron chi connectivity index (χ3n) is 1.61. The van der Waals surface area contributed by atoms with Crippen LogP contribution >= 0.6 is 0 Å². The van der Waals surface area contributed by atoms with Crippen LogP contribution < -0.4 is 0 Å². The molecule has 2 heteroatoms. The molecule has 0 spiro atoms. The minimum absolute atomic E-state index is 0.966. The molecule has 1 rings (SSSR count). The number of pyridine rings is 1. The average molecular weight is 162 g/mol. The van der Waals surface area contributed by atoms with Crippen LogP contribution in [0.5, 0.6) is 0 Å². The van der Waals surface area contributed by atoms with Crippen LogP contribution in [0.15, 0.2) is 17.3 Å². The van der Waals surface area contributed by atoms with E-state index in [4.69, 9.17) is 0 Å². The highest BCUT2D eigenvalue weighted by Gasteiger charge is 1.95. The lowest BCUT2D eigenvalue weighted by atomic mass is 10.2. The molecule has 0 aliphatic rings. The third kappa shape index (κ3) is 2.16. The van der Waals surface area contributed by atoms with E-state index in [2.05, 4.69) is 23.0 Å². The van der Waals surface area contributed by atoms with E-state index in [0.717, 1.165) is 23.4 Å². The number of rotatable bonds is 2. The molecule has 0 fully saturated rings. The third-order valence-corrected chi connectivity index (χ3v) is 1.61. The molecule has 2 nitrogen and oxygen atoms in total. The SMILES string of the molecule is CCC=Nc1cc(C)cnc1C. The lowest BCUT2D eigenvalue weighted by Crippen LogP contribution is -1.83. The van der Waals surface area contributed by atoms with Gasteiger partial charge in [-0.25, -0.2) is 0 Å². The largest absolute Gasteiger partial charge is 0.259 e. The molecule has 0 unspecified atom stereocenters. The van der Waals surface area contributed by atoms with Crippen LogP contribution in [-0.2, 0) is 0 Å². The number of aliphatic imine (C=N–C) groups is 1. The molecule has 0 aliphatic heterocycles. The second-order valence-electron chi connectivity index (χ2n) is 2.84. The standard InChI is InChI=1S/C10H14N2/c1-4-5-11-10-6-8(2)7-12-9(10)3/h5-7H,4H2,1-3H3. The zero-order chi connectivity index (χ0) is 8.97. The van der Waals surface area contributed by atoms with Crippen LogP contribution in [0.2, 0.25) is 0 Å². The van der Waals surface area contributed by atoms with E-state index in [9.17, 15) is 0 Å². The maximum Gasteiger partial charge on any atom is 0.0840 e. The van der Waals surface area contributed by atoms with Gasteiger partial charge in [0.1, 0.15) is 0 Å². The zero-order valence-corrected chi connectivity index (χ0v) is 7.83. The fourth-order valence-electron chi connectivity index (χ4n) is 0.942. The Bertz CT molecular complexity index is 290. The molecule has 0 atom stereocenters. The number of nitrogens with zero attached hydrogens (tertiary/aromatic N) is 2. The van der Waals surface area contributed by atoms with Gasteiger partial charge in [-0.1, -0.05) is 6.92 Å². The van der Waals surface area contributed by atoms with E-state index in [1.165, 1.54) is 0 Å². The Balaban J connectivity index is 2.97. The number of hydrogen-bond acceptors (Lipinski definition) is 2. The molecular weight excluding hydrogens is 148 g/mol. The fraction of sp³-hybridized carbons (Fsp3) is 0.400. The Morgan fingerprint density at radius 3 is 2.92 bits per heavy atom. The van der Waals surface area contributed by atoms with E-state index in [1.807, 2.05) is 26.3 Å². The first-order chi connectivity index (χ1) is 5.74. The quantitative estimate of drug-likeness (QED) is 0.614. The van der Waals surface area contributed by atoms with Crippen molar-refractivity contribution in [3.05, 3.63) is 23.5 Å². The summed E-state index contributed by atoms with van der Waals surface area (Å²) in [5.74, 6) is 0. The minimum Gasteiger partial charge on any atom is -0.259 e. The van der Waals surface area contributed by atoms with Gasteiger partial charge in [0.2, 0.25) is 0 Å². The first kappa shape index (κ1) is 8.91. The Morgan fingerprint density at radius 1 is 1.50 bits per heavy atom. The van der Waals surface area contributed by atoms with Gasteiger partial charge in [0, 0.05) is 12.4 Å². The van der Waals surface area contributed by atoms with Gasteiger partial charge >= 0.3 is 0 Å². The van der Waals surface area contributed by atoms with Crippen molar-refractivity contribution in [3.8, 4) is 0 Å². The van der Waals surface area contributed by atoms with Crippen LogP contribution in [0.25, 0.3) is 0 Å². The molecule has 0 saturated heterocycles. The van der Waals surface area contributed by atoms with Gasteiger partial charge in [0.25, 0.3) is 0 Å². The molecule has 0 bridgehead atoms. The zero-order valence-electron chi connectivity index (χ0n) is 7.83. The van der Waals surface area contributed by atoms with Gasteiger partial charge in [0.15, 0.2) is 0 Å². The maximum absolute atomic E-state index is 4.30. The monoisotopic (exact) mass is 162 g/mol. The molecule has 12 heavy (non-hydrogen) atoms. The van der Waals surface area contributed by atoms with Crippen molar-refractivity contribution in [3.63, 3.8) is 0 Å². The van der Waals surface area contributed by atoms with Gasteiger partial charge < -0.3 is 0 Å².